The highest BCUT2D eigenvalue weighted by atomic mass is 16.5. The largest absolute Gasteiger partial charge is 0.423 e. The molecule has 0 unspecified atom stereocenters. The average molecular weight is 312 g/mol. The van der Waals surface area contributed by atoms with Crippen molar-refractivity contribution in [3.8, 4) is 11.3 Å². The van der Waals surface area contributed by atoms with Crippen LogP contribution < -0.4 is 5.32 Å². The molecule has 3 rings (SSSR count). The molecule has 2 aromatic heterocycles. The van der Waals surface area contributed by atoms with Crippen molar-refractivity contribution in [3.05, 3.63) is 48.4 Å². The van der Waals surface area contributed by atoms with Gasteiger partial charge in [0.25, 0.3) is 6.01 Å². The molecular weight excluding hydrogens is 292 g/mol. The van der Waals surface area contributed by atoms with E-state index in [9.17, 15) is 0 Å². The van der Waals surface area contributed by atoms with Gasteiger partial charge in [-0.25, -0.2) is 4.98 Å². The van der Waals surface area contributed by atoms with Gasteiger partial charge in [0.05, 0.1) is 31.2 Å². The Hall–Kier alpha value is -2.60. The summed E-state index contributed by atoms with van der Waals surface area (Å²) in [4.78, 5) is 4.26. The van der Waals surface area contributed by atoms with Crippen LogP contribution in [0.1, 0.15) is 12.5 Å². The van der Waals surface area contributed by atoms with Crippen LogP contribution in [0.4, 0.5) is 11.7 Å². The quantitative estimate of drug-likeness (QED) is 0.675. The molecule has 0 fully saturated rings. The summed E-state index contributed by atoms with van der Waals surface area (Å²) in [5.41, 5.74) is 3.05. The predicted molar refractivity (Wildman–Crippen MR) is 88.7 cm³/mol. The molecule has 0 saturated heterocycles. The van der Waals surface area contributed by atoms with Gasteiger partial charge >= 0.3 is 0 Å². The third kappa shape index (κ3) is 3.98. The van der Waals surface area contributed by atoms with Crippen molar-refractivity contribution in [3.63, 3.8) is 0 Å². The molecule has 0 aliphatic carbocycles. The molecule has 0 radical (unpaired) electrons. The number of hydrogen-bond acceptors (Lipinski definition) is 5. The van der Waals surface area contributed by atoms with E-state index in [0.29, 0.717) is 19.2 Å². The van der Waals surface area contributed by atoms with E-state index in [1.54, 1.807) is 12.4 Å². The molecular formula is C17H20N4O2. The van der Waals surface area contributed by atoms with Crippen molar-refractivity contribution < 1.29 is 9.15 Å². The second kappa shape index (κ2) is 7.11. The lowest BCUT2D eigenvalue weighted by molar-refractivity contribution is 0.136. The summed E-state index contributed by atoms with van der Waals surface area (Å²) in [7, 11) is 0. The maximum atomic E-state index is 5.74. The average Bonchev–Trinajstić information content (AvgIpc) is 3.19. The van der Waals surface area contributed by atoms with Gasteiger partial charge in [-0.05, 0) is 13.8 Å². The standard InChI is InChI=1S/C17H20N4O2/c1-3-22-9-8-21-12-15(10-19-21)20-17-18-11-16(23-17)14-6-4-13(2)5-7-14/h4-7,10-12H,3,8-9H2,1-2H3,(H,18,20). The Bertz CT molecular complexity index is 746. The SMILES string of the molecule is CCOCCn1cc(Nc2ncc(-c3ccc(C)cc3)o2)cn1. The van der Waals surface area contributed by atoms with Gasteiger partial charge in [-0.15, -0.1) is 0 Å². The highest BCUT2D eigenvalue weighted by molar-refractivity contribution is 5.59. The number of aryl methyl sites for hydroxylation is 1. The molecule has 0 spiro atoms. The molecule has 120 valence electrons. The van der Waals surface area contributed by atoms with Crippen LogP contribution in [0, 0.1) is 6.92 Å². The number of aromatic nitrogens is 3. The molecule has 1 N–H and O–H groups in total. The van der Waals surface area contributed by atoms with Gasteiger partial charge in [0, 0.05) is 18.4 Å². The Morgan fingerprint density at radius 3 is 2.83 bits per heavy atom. The zero-order chi connectivity index (χ0) is 16.1. The molecule has 1 aromatic carbocycles. The topological polar surface area (TPSA) is 65.1 Å². The summed E-state index contributed by atoms with van der Waals surface area (Å²) in [6.45, 7) is 6.11. The van der Waals surface area contributed by atoms with Crippen molar-refractivity contribution in [2.24, 2.45) is 0 Å². The Labute approximate surface area is 135 Å². The third-order valence-corrected chi connectivity index (χ3v) is 3.40. The summed E-state index contributed by atoms with van der Waals surface area (Å²) in [5.74, 6) is 0.733. The molecule has 0 aliphatic rings. The number of rotatable bonds is 7. The zero-order valence-electron chi connectivity index (χ0n) is 13.3. The maximum Gasteiger partial charge on any atom is 0.299 e. The highest BCUT2D eigenvalue weighted by Crippen LogP contribution is 2.24. The molecule has 0 atom stereocenters. The number of anilines is 2. The minimum atomic E-state index is 0.449. The first-order valence-electron chi connectivity index (χ1n) is 7.64. The van der Waals surface area contributed by atoms with Crippen molar-refractivity contribution >= 4 is 11.7 Å². The minimum absolute atomic E-state index is 0.449. The second-order valence-corrected chi connectivity index (χ2v) is 5.21. The van der Waals surface area contributed by atoms with Crippen LogP contribution in [-0.4, -0.2) is 28.0 Å². The van der Waals surface area contributed by atoms with Crippen molar-refractivity contribution in [1.82, 2.24) is 14.8 Å². The number of nitrogens with one attached hydrogen (secondary N) is 1. The van der Waals surface area contributed by atoms with E-state index in [4.69, 9.17) is 9.15 Å². The highest BCUT2D eigenvalue weighted by Gasteiger charge is 2.07. The van der Waals surface area contributed by atoms with Gasteiger partial charge in [-0.2, -0.15) is 5.10 Å². The van der Waals surface area contributed by atoms with Gasteiger partial charge in [0.15, 0.2) is 5.76 Å². The third-order valence-electron chi connectivity index (χ3n) is 3.40. The molecule has 6 nitrogen and oxygen atoms in total. The summed E-state index contributed by atoms with van der Waals surface area (Å²) in [5, 5.41) is 7.38. The van der Waals surface area contributed by atoms with Crippen LogP contribution in [0.3, 0.4) is 0 Å². The molecule has 0 aliphatic heterocycles. The molecule has 2 heterocycles. The van der Waals surface area contributed by atoms with E-state index in [0.717, 1.165) is 23.6 Å². The van der Waals surface area contributed by atoms with E-state index in [1.807, 2.05) is 42.1 Å². The number of oxazole rings is 1. The summed E-state index contributed by atoms with van der Waals surface area (Å²) in [6, 6.07) is 8.59. The first kappa shape index (κ1) is 15.3. The number of benzene rings is 1. The van der Waals surface area contributed by atoms with E-state index in [-0.39, 0.29) is 0 Å². The predicted octanol–water partition coefficient (Wildman–Crippen LogP) is 3.63. The minimum Gasteiger partial charge on any atom is -0.423 e. The number of ether oxygens (including phenoxy) is 1. The first-order chi connectivity index (χ1) is 11.2. The van der Waals surface area contributed by atoms with Gasteiger partial charge in [-0.1, -0.05) is 29.8 Å². The van der Waals surface area contributed by atoms with Gasteiger partial charge in [-0.3, -0.25) is 4.68 Å². The van der Waals surface area contributed by atoms with Crippen LogP contribution >= 0.6 is 0 Å². The molecule has 6 heteroatoms. The van der Waals surface area contributed by atoms with Crippen molar-refractivity contribution in [2.45, 2.75) is 20.4 Å². The van der Waals surface area contributed by atoms with E-state index >= 15 is 0 Å². The lowest BCUT2D eigenvalue weighted by Crippen LogP contribution is -2.05. The van der Waals surface area contributed by atoms with Crippen LogP contribution in [0.5, 0.6) is 0 Å². The van der Waals surface area contributed by atoms with Crippen LogP contribution in [-0.2, 0) is 11.3 Å². The van der Waals surface area contributed by atoms with E-state index in [2.05, 4.69) is 22.3 Å². The van der Waals surface area contributed by atoms with E-state index in [1.165, 1.54) is 5.56 Å². The summed E-state index contributed by atoms with van der Waals surface area (Å²) >= 11 is 0. The number of hydrogen-bond donors (Lipinski definition) is 1. The Morgan fingerprint density at radius 2 is 2.04 bits per heavy atom. The summed E-state index contributed by atoms with van der Waals surface area (Å²) in [6.07, 6.45) is 5.35. The van der Waals surface area contributed by atoms with Crippen LogP contribution in [0.15, 0.2) is 47.3 Å². The normalized spacial score (nSPS) is 10.9. The molecule has 3 aromatic rings. The maximum absolute atomic E-state index is 5.74. The zero-order valence-corrected chi connectivity index (χ0v) is 13.3. The van der Waals surface area contributed by atoms with Gasteiger partial charge in [0.1, 0.15) is 0 Å². The molecule has 0 amide bonds. The van der Waals surface area contributed by atoms with Crippen LogP contribution in [0.2, 0.25) is 0 Å². The fourth-order valence-corrected chi connectivity index (χ4v) is 2.16. The van der Waals surface area contributed by atoms with Crippen LogP contribution in [0.25, 0.3) is 11.3 Å². The smallest absolute Gasteiger partial charge is 0.299 e. The monoisotopic (exact) mass is 312 g/mol. The fraction of sp³-hybridized carbons (Fsp3) is 0.294. The lowest BCUT2D eigenvalue weighted by Gasteiger charge is -2.01. The Kier molecular flexibility index (Phi) is 4.73. The Morgan fingerprint density at radius 1 is 1.22 bits per heavy atom. The summed E-state index contributed by atoms with van der Waals surface area (Å²) < 4.78 is 12.9. The van der Waals surface area contributed by atoms with E-state index < -0.39 is 0 Å². The number of nitrogens with zero attached hydrogens (tertiary/aromatic N) is 3. The Balaban J connectivity index is 1.64. The van der Waals surface area contributed by atoms with Gasteiger partial charge < -0.3 is 14.5 Å². The fourth-order valence-electron chi connectivity index (χ4n) is 2.16. The second-order valence-electron chi connectivity index (χ2n) is 5.21. The lowest BCUT2D eigenvalue weighted by atomic mass is 10.1. The molecule has 23 heavy (non-hydrogen) atoms. The molecule has 0 bridgehead atoms. The first-order valence-corrected chi connectivity index (χ1v) is 7.64. The van der Waals surface area contributed by atoms with Gasteiger partial charge in [0.2, 0.25) is 0 Å². The molecule has 0 saturated carbocycles. The van der Waals surface area contributed by atoms with Crippen molar-refractivity contribution in [2.75, 3.05) is 18.5 Å². The van der Waals surface area contributed by atoms with Crippen molar-refractivity contribution in [1.29, 1.82) is 0 Å².